The van der Waals surface area contributed by atoms with Crippen LogP contribution >= 0.6 is 0 Å². The summed E-state index contributed by atoms with van der Waals surface area (Å²) in [5.41, 5.74) is 1.93. The summed E-state index contributed by atoms with van der Waals surface area (Å²) in [4.78, 5) is 42.3. The highest BCUT2D eigenvalue weighted by Crippen LogP contribution is 2.58. The Morgan fingerprint density at radius 3 is 2.35 bits per heavy atom. The Morgan fingerprint density at radius 1 is 1.15 bits per heavy atom. The van der Waals surface area contributed by atoms with Crippen LogP contribution < -0.4 is 10.2 Å². The number of imide groups is 1. The maximum absolute atomic E-state index is 13.8. The van der Waals surface area contributed by atoms with Crippen LogP contribution in [0.2, 0.25) is 0 Å². The number of carbonyl (C=O) groups excluding carboxylic acids is 3. The maximum Gasteiger partial charge on any atom is 0.328 e. The number of rotatable bonds is 8. The summed E-state index contributed by atoms with van der Waals surface area (Å²) in [7, 11) is 1.47. The number of amides is 4. The minimum atomic E-state index is -0.670. The van der Waals surface area contributed by atoms with E-state index in [4.69, 9.17) is 9.94 Å². The first-order valence-electron chi connectivity index (χ1n) is 12.3. The van der Waals surface area contributed by atoms with Gasteiger partial charge in [0.2, 0.25) is 5.91 Å². The molecular weight excluding hydrogens is 438 g/mol. The molecule has 6 rings (SSSR count). The van der Waals surface area contributed by atoms with Gasteiger partial charge < -0.3 is 14.7 Å². The number of nitrogens with zero attached hydrogens (tertiary/aromatic N) is 2. The van der Waals surface area contributed by atoms with Crippen LogP contribution in [0.25, 0.3) is 0 Å². The highest BCUT2D eigenvalue weighted by atomic mass is 16.5. The SMILES string of the molecule is COc1ccc(CN2C(=O)N(C34CC5CC(CC(C5)C3)C4)C(=O)C2CCCC(=O)NO)cc1O. The largest absolute Gasteiger partial charge is 0.504 e. The number of phenolic OH excluding ortho intramolecular Hbond substituents is 1. The maximum atomic E-state index is 13.8. The Morgan fingerprint density at radius 2 is 1.79 bits per heavy atom. The Hall–Kier alpha value is -2.81. The second kappa shape index (κ2) is 8.76. The lowest BCUT2D eigenvalue weighted by molar-refractivity contribution is -0.141. The first-order chi connectivity index (χ1) is 16.3. The Labute approximate surface area is 199 Å². The van der Waals surface area contributed by atoms with Crippen molar-refractivity contribution in [1.82, 2.24) is 15.3 Å². The van der Waals surface area contributed by atoms with Crippen molar-refractivity contribution in [1.29, 1.82) is 0 Å². The minimum Gasteiger partial charge on any atom is -0.504 e. The zero-order valence-electron chi connectivity index (χ0n) is 19.5. The normalized spacial score (nSPS) is 31.9. The summed E-state index contributed by atoms with van der Waals surface area (Å²) in [6.07, 6.45) is 7.10. The number of ether oxygens (including phenoxy) is 1. The van der Waals surface area contributed by atoms with Crippen molar-refractivity contribution in [2.45, 2.75) is 75.9 Å². The number of benzene rings is 1. The summed E-state index contributed by atoms with van der Waals surface area (Å²) in [6.45, 7) is 0.182. The number of carbonyl (C=O) groups is 3. The molecule has 1 aromatic carbocycles. The van der Waals surface area contributed by atoms with Gasteiger partial charge in [-0.2, -0.15) is 0 Å². The average molecular weight is 472 g/mol. The van der Waals surface area contributed by atoms with Crippen molar-refractivity contribution in [3.05, 3.63) is 23.8 Å². The number of urea groups is 1. The Bertz CT molecular complexity index is 960. The molecule has 9 heteroatoms. The fourth-order valence-corrected chi connectivity index (χ4v) is 7.41. The molecule has 34 heavy (non-hydrogen) atoms. The van der Waals surface area contributed by atoms with E-state index in [1.54, 1.807) is 33.5 Å². The van der Waals surface area contributed by atoms with Gasteiger partial charge >= 0.3 is 6.03 Å². The van der Waals surface area contributed by atoms with Gasteiger partial charge in [-0.15, -0.1) is 0 Å². The fraction of sp³-hybridized carbons (Fsp3) is 0.640. The summed E-state index contributed by atoms with van der Waals surface area (Å²) in [5.74, 6) is 1.40. The predicted octanol–water partition coefficient (Wildman–Crippen LogP) is 3.18. The Kier molecular flexibility index (Phi) is 5.91. The molecule has 4 bridgehead atoms. The standard InChI is InChI=1S/C25H33N3O6/c1-34-21-6-5-15(10-20(21)29)14-27-19(3-2-4-22(30)26-33)23(31)28(24(27)32)25-11-16-7-17(12-25)9-18(8-16)13-25/h5-6,10,16-19,29,33H,2-4,7-9,11-14H2,1H3,(H,26,30). The average Bonchev–Trinajstić information content (AvgIpc) is 3.02. The van der Waals surface area contributed by atoms with Crippen molar-refractivity contribution >= 4 is 17.8 Å². The number of nitrogens with one attached hydrogen (secondary N) is 1. The number of hydrogen-bond acceptors (Lipinski definition) is 6. The van der Waals surface area contributed by atoms with Gasteiger partial charge in [0.15, 0.2) is 11.5 Å². The molecule has 1 saturated heterocycles. The van der Waals surface area contributed by atoms with Gasteiger partial charge in [0.25, 0.3) is 5.91 Å². The summed E-state index contributed by atoms with van der Waals surface area (Å²) < 4.78 is 5.12. The number of methoxy groups -OCH3 is 1. The molecule has 1 aliphatic heterocycles. The van der Waals surface area contributed by atoms with Gasteiger partial charge in [-0.1, -0.05) is 6.07 Å². The number of aromatic hydroxyl groups is 1. The topological polar surface area (TPSA) is 119 Å². The van der Waals surface area contributed by atoms with Crippen molar-refractivity contribution < 1.29 is 29.4 Å². The van der Waals surface area contributed by atoms with Crippen LogP contribution in [-0.4, -0.2) is 56.6 Å². The van der Waals surface area contributed by atoms with E-state index in [0.29, 0.717) is 41.9 Å². The van der Waals surface area contributed by atoms with Gasteiger partial charge in [0.1, 0.15) is 6.04 Å². The summed E-state index contributed by atoms with van der Waals surface area (Å²) in [6, 6.07) is 4.04. The molecule has 9 nitrogen and oxygen atoms in total. The second-order valence-corrected chi connectivity index (χ2v) is 10.7. The van der Waals surface area contributed by atoms with Crippen LogP contribution in [0.1, 0.15) is 63.4 Å². The third kappa shape index (κ3) is 3.89. The van der Waals surface area contributed by atoms with Crippen LogP contribution in [0.3, 0.4) is 0 Å². The van der Waals surface area contributed by atoms with Crippen LogP contribution in [0.5, 0.6) is 11.5 Å². The molecule has 1 atom stereocenters. The smallest absolute Gasteiger partial charge is 0.328 e. The highest BCUT2D eigenvalue weighted by molar-refractivity contribution is 6.05. The molecule has 5 fully saturated rings. The summed E-state index contributed by atoms with van der Waals surface area (Å²) >= 11 is 0. The molecule has 1 aromatic rings. The zero-order valence-corrected chi connectivity index (χ0v) is 19.5. The van der Waals surface area contributed by atoms with Gasteiger partial charge in [-0.05, 0) is 86.8 Å². The molecule has 0 aromatic heterocycles. The monoisotopic (exact) mass is 471 g/mol. The first kappa shape index (κ1) is 23.0. The lowest BCUT2D eigenvalue weighted by atomic mass is 9.52. The first-order valence-corrected chi connectivity index (χ1v) is 12.3. The van der Waals surface area contributed by atoms with Gasteiger partial charge in [-0.3, -0.25) is 19.7 Å². The molecule has 4 aliphatic carbocycles. The predicted molar refractivity (Wildman–Crippen MR) is 121 cm³/mol. The molecule has 3 N–H and O–H groups in total. The van der Waals surface area contributed by atoms with Crippen molar-refractivity contribution in [2.24, 2.45) is 17.8 Å². The van der Waals surface area contributed by atoms with Gasteiger partial charge in [-0.25, -0.2) is 10.3 Å². The van der Waals surface area contributed by atoms with Crippen molar-refractivity contribution in [3.8, 4) is 11.5 Å². The third-order valence-electron chi connectivity index (χ3n) is 8.40. The van der Waals surface area contributed by atoms with Crippen LogP contribution in [-0.2, 0) is 16.1 Å². The zero-order chi connectivity index (χ0) is 24.0. The number of hydrogen-bond donors (Lipinski definition) is 3. The molecule has 5 aliphatic rings. The van der Waals surface area contributed by atoms with Crippen molar-refractivity contribution in [3.63, 3.8) is 0 Å². The van der Waals surface area contributed by atoms with E-state index in [-0.39, 0.29) is 36.2 Å². The van der Waals surface area contributed by atoms with Crippen LogP contribution in [0, 0.1) is 17.8 Å². The Balaban J connectivity index is 1.42. The van der Waals surface area contributed by atoms with Gasteiger partial charge in [0.05, 0.1) is 12.6 Å². The summed E-state index contributed by atoms with van der Waals surface area (Å²) in [5, 5.41) is 19.0. The number of hydroxylamine groups is 1. The van der Waals surface area contributed by atoms with E-state index in [2.05, 4.69) is 0 Å². The third-order valence-corrected chi connectivity index (χ3v) is 8.40. The fourth-order valence-electron chi connectivity index (χ4n) is 7.41. The quantitative estimate of drug-likeness (QED) is 0.304. The molecule has 184 valence electrons. The van der Waals surface area contributed by atoms with E-state index in [9.17, 15) is 19.5 Å². The second-order valence-electron chi connectivity index (χ2n) is 10.7. The molecule has 0 radical (unpaired) electrons. The number of phenols is 1. The molecule has 4 amide bonds. The van der Waals surface area contributed by atoms with E-state index < -0.39 is 11.9 Å². The lowest BCUT2D eigenvalue weighted by Gasteiger charge is -2.58. The van der Waals surface area contributed by atoms with Gasteiger partial charge in [0, 0.05) is 13.0 Å². The van der Waals surface area contributed by atoms with E-state index >= 15 is 0 Å². The highest BCUT2D eigenvalue weighted by Gasteiger charge is 2.60. The molecule has 1 unspecified atom stereocenters. The van der Waals surface area contributed by atoms with E-state index in [0.717, 1.165) is 19.3 Å². The van der Waals surface area contributed by atoms with E-state index in [1.165, 1.54) is 26.4 Å². The van der Waals surface area contributed by atoms with Crippen LogP contribution in [0.15, 0.2) is 18.2 Å². The van der Waals surface area contributed by atoms with Crippen molar-refractivity contribution in [2.75, 3.05) is 7.11 Å². The molecule has 0 spiro atoms. The molecule has 4 saturated carbocycles. The molecule has 1 heterocycles. The lowest BCUT2D eigenvalue weighted by Crippen LogP contribution is -2.62. The molecular formula is C25H33N3O6. The van der Waals surface area contributed by atoms with E-state index in [1.807, 2.05) is 0 Å². The minimum absolute atomic E-state index is 0.0212. The van der Waals surface area contributed by atoms with Crippen LogP contribution in [0.4, 0.5) is 4.79 Å².